The largest absolute Gasteiger partial charge is 0.356 e. The van der Waals surface area contributed by atoms with Crippen molar-refractivity contribution in [1.29, 1.82) is 0 Å². The number of carbonyl (C=O) groups is 1. The summed E-state index contributed by atoms with van der Waals surface area (Å²) in [5.74, 6) is -0.584. The van der Waals surface area contributed by atoms with E-state index in [0.29, 0.717) is 19.6 Å². The fraction of sp³-hybridized carbons (Fsp3) is 0.360. The molecular formula is C25H27N3O3. The number of hydrogen-bond donors (Lipinski definition) is 2. The number of H-pyrrole nitrogens is 1. The van der Waals surface area contributed by atoms with E-state index >= 15 is 0 Å². The van der Waals surface area contributed by atoms with E-state index in [9.17, 15) is 4.79 Å². The zero-order valence-electron chi connectivity index (χ0n) is 18.1. The number of hydrogen-bond acceptors (Lipinski definition) is 5. The molecule has 2 N–H and O–H groups in total. The van der Waals surface area contributed by atoms with Crippen LogP contribution in [0.4, 0.5) is 11.4 Å². The molecule has 2 aliphatic rings. The number of ether oxygens (including phenoxy) is 2. The monoisotopic (exact) mass is 417 g/mol. The molecule has 0 bridgehead atoms. The van der Waals surface area contributed by atoms with Crippen molar-refractivity contribution in [3.05, 3.63) is 65.6 Å². The average molecular weight is 418 g/mol. The zero-order chi connectivity index (χ0) is 21.6. The molecule has 0 radical (unpaired) electrons. The Morgan fingerprint density at radius 3 is 2.52 bits per heavy atom. The van der Waals surface area contributed by atoms with Gasteiger partial charge in [0.2, 0.25) is 0 Å². The van der Waals surface area contributed by atoms with Gasteiger partial charge in [0.05, 0.1) is 30.2 Å². The second-order valence-corrected chi connectivity index (χ2v) is 9.25. The molecule has 31 heavy (non-hydrogen) atoms. The van der Waals surface area contributed by atoms with Crippen LogP contribution in [0, 0.1) is 5.41 Å². The summed E-state index contributed by atoms with van der Waals surface area (Å²) in [5.41, 5.74) is 6.22. The van der Waals surface area contributed by atoms with Crippen molar-refractivity contribution < 1.29 is 14.3 Å². The van der Waals surface area contributed by atoms with Crippen molar-refractivity contribution in [2.24, 2.45) is 5.41 Å². The maximum absolute atomic E-state index is 13.2. The first-order chi connectivity index (χ1) is 14.8. The number of aromatic nitrogens is 2. The summed E-state index contributed by atoms with van der Waals surface area (Å²) in [6.07, 6.45) is 4.89. The van der Waals surface area contributed by atoms with Gasteiger partial charge >= 0.3 is 0 Å². The smallest absolute Gasteiger partial charge is 0.192 e. The number of benzene rings is 1. The first-order valence-electron chi connectivity index (χ1n) is 10.7. The first-order valence-corrected chi connectivity index (χ1v) is 10.7. The Morgan fingerprint density at radius 1 is 1.03 bits per heavy atom. The van der Waals surface area contributed by atoms with E-state index in [1.165, 1.54) is 0 Å². The molecular weight excluding hydrogens is 390 g/mol. The van der Waals surface area contributed by atoms with Crippen LogP contribution >= 0.6 is 0 Å². The second kappa shape index (κ2) is 7.32. The van der Waals surface area contributed by atoms with Crippen molar-refractivity contribution in [3.8, 4) is 11.3 Å². The minimum absolute atomic E-state index is 0.0621. The molecule has 0 atom stereocenters. The molecule has 1 fully saturated rings. The van der Waals surface area contributed by atoms with Gasteiger partial charge in [-0.05, 0) is 43.0 Å². The average Bonchev–Trinajstić information content (AvgIpc) is 3.33. The van der Waals surface area contributed by atoms with Gasteiger partial charge in [0.15, 0.2) is 11.6 Å². The van der Waals surface area contributed by atoms with Crippen molar-refractivity contribution in [1.82, 2.24) is 9.97 Å². The molecule has 1 aliphatic carbocycles. The molecule has 6 heteroatoms. The van der Waals surface area contributed by atoms with Gasteiger partial charge in [0.25, 0.3) is 0 Å². The Hall–Kier alpha value is -2.96. The molecule has 6 nitrogen and oxygen atoms in total. The molecule has 0 spiro atoms. The van der Waals surface area contributed by atoms with Gasteiger partial charge in [-0.2, -0.15) is 0 Å². The number of nitrogens with zero attached hydrogens (tertiary/aromatic N) is 1. The molecule has 2 aromatic heterocycles. The SMILES string of the molecule is CC1(C)CC(=O)c2c([nH]c(-c3ccncc3)c2Nc2cccc(C3(C)OCCO3)c2)C1. The lowest BCUT2D eigenvalue weighted by Gasteiger charge is -2.28. The van der Waals surface area contributed by atoms with Crippen LogP contribution in [0.25, 0.3) is 11.3 Å². The minimum Gasteiger partial charge on any atom is -0.356 e. The zero-order valence-corrected chi connectivity index (χ0v) is 18.1. The Labute approximate surface area is 182 Å². The van der Waals surface area contributed by atoms with Crippen molar-refractivity contribution in [2.75, 3.05) is 18.5 Å². The molecule has 1 aliphatic heterocycles. The van der Waals surface area contributed by atoms with Gasteiger partial charge in [0.1, 0.15) is 0 Å². The van der Waals surface area contributed by atoms with Crippen LogP contribution in [-0.4, -0.2) is 29.0 Å². The maximum Gasteiger partial charge on any atom is 0.192 e. The fourth-order valence-corrected chi connectivity index (χ4v) is 4.62. The molecule has 3 aromatic rings. The number of carbonyl (C=O) groups excluding carboxylic acids is 1. The highest BCUT2D eigenvalue weighted by atomic mass is 16.7. The van der Waals surface area contributed by atoms with E-state index < -0.39 is 5.79 Å². The lowest BCUT2D eigenvalue weighted by Crippen LogP contribution is -2.26. The van der Waals surface area contributed by atoms with Gasteiger partial charge < -0.3 is 19.8 Å². The number of fused-ring (bicyclic) bond motifs is 1. The molecule has 0 unspecified atom stereocenters. The summed E-state index contributed by atoms with van der Waals surface area (Å²) in [7, 11) is 0. The molecule has 5 rings (SSSR count). The van der Waals surface area contributed by atoms with Crippen molar-refractivity contribution in [2.45, 2.75) is 39.4 Å². The predicted octanol–water partition coefficient (Wildman–Crippen LogP) is 5.19. The highest BCUT2D eigenvalue weighted by molar-refractivity contribution is 6.07. The Bertz CT molecular complexity index is 1130. The first kappa shape index (κ1) is 20.0. The third-order valence-corrected chi connectivity index (χ3v) is 6.11. The van der Waals surface area contributed by atoms with E-state index in [1.54, 1.807) is 12.4 Å². The topological polar surface area (TPSA) is 76.2 Å². The number of nitrogens with one attached hydrogen (secondary N) is 2. The summed E-state index contributed by atoms with van der Waals surface area (Å²) in [6, 6.07) is 11.9. The van der Waals surface area contributed by atoms with E-state index in [4.69, 9.17) is 9.47 Å². The van der Waals surface area contributed by atoms with E-state index in [1.807, 2.05) is 43.3 Å². The quantitative estimate of drug-likeness (QED) is 0.611. The standard InChI is InChI=1S/C25H27N3O3/c1-24(2)14-19-21(20(29)15-24)23(22(28-19)16-7-9-26-10-8-16)27-18-6-4-5-17(13-18)25(3)30-11-12-31-25/h4-10,13,27-28H,11-12,14-15H2,1-3H3. The number of ketones is 1. The second-order valence-electron chi connectivity index (χ2n) is 9.25. The van der Waals surface area contributed by atoms with Gasteiger partial charge in [-0.25, -0.2) is 0 Å². The number of anilines is 2. The maximum atomic E-state index is 13.2. The number of Topliss-reactive ketones (excluding diaryl/α,β-unsaturated/α-hetero) is 1. The minimum atomic E-state index is -0.747. The van der Waals surface area contributed by atoms with Crippen molar-refractivity contribution in [3.63, 3.8) is 0 Å². The van der Waals surface area contributed by atoms with Crippen LogP contribution in [0.5, 0.6) is 0 Å². The summed E-state index contributed by atoms with van der Waals surface area (Å²) in [5, 5.41) is 3.53. The summed E-state index contributed by atoms with van der Waals surface area (Å²) < 4.78 is 11.6. The van der Waals surface area contributed by atoms with Crippen LogP contribution in [0.1, 0.15) is 48.8 Å². The highest BCUT2D eigenvalue weighted by Gasteiger charge is 2.36. The van der Waals surface area contributed by atoms with Crippen LogP contribution < -0.4 is 5.32 Å². The third-order valence-electron chi connectivity index (χ3n) is 6.11. The van der Waals surface area contributed by atoms with Crippen LogP contribution in [0.15, 0.2) is 48.8 Å². The summed E-state index contributed by atoms with van der Waals surface area (Å²) >= 11 is 0. The number of aromatic amines is 1. The lowest BCUT2D eigenvalue weighted by molar-refractivity contribution is -0.149. The van der Waals surface area contributed by atoms with E-state index in [2.05, 4.69) is 29.1 Å². The van der Waals surface area contributed by atoms with E-state index in [0.717, 1.165) is 45.9 Å². The summed E-state index contributed by atoms with van der Waals surface area (Å²) in [4.78, 5) is 20.9. The van der Waals surface area contributed by atoms with Gasteiger partial charge in [0, 0.05) is 41.3 Å². The molecule has 0 amide bonds. The Morgan fingerprint density at radius 2 is 1.77 bits per heavy atom. The van der Waals surface area contributed by atoms with Gasteiger partial charge in [-0.3, -0.25) is 9.78 Å². The third kappa shape index (κ3) is 3.66. The molecule has 0 saturated carbocycles. The molecule has 1 aromatic carbocycles. The number of rotatable bonds is 4. The Kier molecular flexibility index (Phi) is 4.72. The van der Waals surface area contributed by atoms with Gasteiger partial charge in [-0.15, -0.1) is 0 Å². The summed E-state index contributed by atoms with van der Waals surface area (Å²) in [6.45, 7) is 7.37. The normalized spacial score (nSPS) is 19.3. The van der Waals surface area contributed by atoms with Crippen LogP contribution in [0.3, 0.4) is 0 Å². The predicted molar refractivity (Wildman–Crippen MR) is 119 cm³/mol. The molecule has 1 saturated heterocycles. The highest BCUT2D eigenvalue weighted by Crippen LogP contribution is 2.43. The van der Waals surface area contributed by atoms with Gasteiger partial charge in [-0.1, -0.05) is 26.0 Å². The molecule has 3 heterocycles. The van der Waals surface area contributed by atoms with Crippen molar-refractivity contribution >= 4 is 17.2 Å². The Balaban J connectivity index is 1.59. The number of pyridine rings is 1. The van der Waals surface area contributed by atoms with Crippen LogP contribution in [-0.2, 0) is 21.7 Å². The fourth-order valence-electron chi connectivity index (χ4n) is 4.62. The van der Waals surface area contributed by atoms with Crippen LogP contribution in [0.2, 0.25) is 0 Å². The lowest BCUT2D eigenvalue weighted by atomic mass is 9.76. The molecule has 160 valence electrons. The van der Waals surface area contributed by atoms with E-state index in [-0.39, 0.29) is 11.2 Å².